The fourth-order valence-electron chi connectivity index (χ4n) is 7.63. The number of hydrogen-bond acceptors (Lipinski definition) is 5. The molecule has 0 saturated heterocycles. The second-order valence-electron chi connectivity index (χ2n) is 19.0. The van der Waals surface area contributed by atoms with E-state index >= 15 is 0 Å². The second kappa shape index (κ2) is 62.6. The van der Waals surface area contributed by atoms with Crippen LogP contribution in [-0.2, 0) is 19.1 Å². The zero-order valence-electron chi connectivity index (χ0n) is 47.3. The van der Waals surface area contributed by atoms with Crippen LogP contribution in [-0.4, -0.2) is 36.4 Å². The molecule has 0 saturated carbocycles. The maximum Gasteiger partial charge on any atom is 0.306 e. The van der Waals surface area contributed by atoms with Crippen molar-refractivity contribution >= 4 is 11.9 Å². The fraction of sp³-hybridized carbons (Fsp3) is 0.565. The monoisotopic (exact) mass is 1020 g/mol. The first-order valence-electron chi connectivity index (χ1n) is 29.7. The molecular formula is C69H108O5. The summed E-state index contributed by atoms with van der Waals surface area (Å²) < 4.78 is 10.7. The third-order valence-corrected chi connectivity index (χ3v) is 12.0. The van der Waals surface area contributed by atoms with Crippen LogP contribution < -0.4 is 0 Å². The van der Waals surface area contributed by atoms with Gasteiger partial charge >= 0.3 is 11.9 Å². The van der Waals surface area contributed by atoms with Crippen LogP contribution in [0.15, 0.2) is 170 Å². The van der Waals surface area contributed by atoms with E-state index in [-0.39, 0.29) is 25.2 Å². The molecule has 0 spiro atoms. The minimum absolute atomic E-state index is 0.0885. The summed E-state index contributed by atoms with van der Waals surface area (Å²) in [6.07, 6.45) is 97.5. The molecule has 0 aromatic carbocycles. The average molecular weight is 1020 g/mol. The lowest BCUT2D eigenvalue weighted by molar-refractivity contribution is -0.161. The van der Waals surface area contributed by atoms with Gasteiger partial charge in [-0.3, -0.25) is 9.59 Å². The van der Waals surface area contributed by atoms with E-state index in [2.05, 4.69) is 184 Å². The molecule has 0 aromatic heterocycles. The highest BCUT2D eigenvalue weighted by Crippen LogP contribution is 2.14. The zero-order valence-corrected chi connectivity index (χ0v) is 47.3. The molecule has 5 nitrogen and oxygen atoms in total. The summed E-state index contributed by atoms with van der Waals surface area (Å²) in [5.41, 5.74) is 0. The van der Waals surface area contributed by atoms with E-state index in [4.69, 9.17) is 9.47 Å². The average Bonchev–Trinajstić information content (AvgIpc) is 3.40. The lowest BCUT2D eigenvalue weighted by atomic mass is 10.0. The van der Waals surface area contributed by atoms with Gasteiger partial charge in [0.1, 0.15) is 6.61 Å². The van der Waals surface area contributed by atoms with Gasteiger partial charge in [0.2, 0.25) is 0 Å². The highest BCUT2D eigenvalue weighted by Gasteiger charge is 2.16. The van der Waals surface area contributed by atoms with Crippen LogP contribution in [0.25, 0.3) is 0 Å². The molecule has 0 aromatic rings. The Balaban J connectivity index is 3.61. The number of carbonyl (C=O) groups is 2. The molecule has 0 bridgehead atoms. The molecule has 414 valence electrons. The summed E-state index contributed by atoms with van der Waals surface area (Å²) in [6.45, 7) is 3.89. The molecule has 0 fully saturated rings. The minimum atomic E-state index is -0.797. The number of unbranched alkanes of at least 4 members (excludes halogenated alkanes) is 16. The summed E-state index contributed by atoms with van der Waals surface area (Å²) in [4.78, 5) is 24.6. The molecule has 0 rings (SSSR count). The van der Waals surface area contributed by atoms with Crippen molar-refractivity contribution in [2.24, 2.45) is 0 Å². The van der Waals surface area contributed by atoms with Crippen LogP contribution in [0.1, 0.15) is 232 Å². The summed E-state index contributed by atoms with van der Waals surface area (Å²) in [5.74, 6) is -0.627. The van der Waals surface area contributed by atoms with Gasteiger partial charge in [-0.2, -0.15) is 0 Å². The molecule has 0 aliphatic carbocycles. The van der Waals surface area contributed by atoms with Crippen molar-refractivity contribution in [3.63, 3.8) is 0 Å². The number of aliphatic hydroxyl groups is 1. The van der Waals surface area contributed by atoms with Crippen molar-refractivity contribution in [3.05, 3.63) is 170 Å². The van der Waals surface area contributed by atoms with Crippen molar-refractivity contribution in [1.29, 1.82) is 0 Å². The van der Waals surface area contributed by atoms with Gasteiger partial charge in [-0.05, 0) is 128 Å². The summed E-state index contributed by atoms with van der Waals surface area (Å²) in [6, 6.07) is 0. The van der Waals surface area contributed by atoms with E-state index in [1.54, 1.807) is 0 Å². The fourth-order valence-corrected chi connectivity index (χ4v) is 7.63. The van der Waals surface area contributed by atoms with Gasteiger partial charge < -0.3 is 14.6 Å². The third kappa shape index (κ3) is 59.8. The number of aliphatic hydroxyl groups excluding tert-OH is 1. The number of esters is 2. The second-order valence-corrected chi connectivity index (χ2v) is 19.0. The molecule has 74 heavy (non-hydrogen) atoms. The van der Waals surface area contributed by atoms with Gasteiger partial charge in [0.05, 0.1) is 6.61 Å². The predicted molar refractivity (Wildman–Crippen MR) is 324 cm³/mol. The number of hydrogen-bond donors (Lipinski definition) is 1. The lowest BCUT2D eigenvalue weighted by Crippen LogP contribution is -2.28. The van der Waals surface area contributed by atoms with E-state index in [1.807, 2.05) is 0 Å². The first kappa shape index (κ1) is 69.3. The highest BCUT2D eigenvalue weighted by atomic mass is 16.6. The Morgan fingerprint density at radius 2 is 0.541 bits per heavy atom. The van der Waals surface area contributed by atoms with Crippen molar-refractivity contribution in [3.8, 4) is 0 Å². The molecule has 1 unspecified atom stereocenters. The number of ether oxygens (including phenoxy) is 2. The molecule has 5 heteroatoms. The van der Waals surface area contributed by atoms with Crippen LogP contribution in [0.5, 0.6) is 0 Å². The SMILES string of the molecule is CC/C=C\C/C=C\C/C=C\C/C=C\C/C=C\C/C=C\C/C=C\CCCCCCCCCCCCCC(=O)OC(CO)COC(=O)CCCCCCC/C=C\C/C=C\C/C=C\C/C=C\C/C=C\C/C=C\C/C=C\CC. The van der Waals surface area contributed by atoms with E-state index in [1.165, 1.54) is 57.8 Å². The summed E-state index contributed by atoms with van der Waals surface area (Å²) >= 11 is 0. The standard InChI is InChI=1S/C69H108O5/c1-3-5-7-9-11-13-15-17-19-21-23-25-27-29-31-32-33-34-35-36-38-40-42-44-46-48-50-52-54-56-58-60-62-64-69(72)74-67(65-70)66-73-68(71)63-61-59-57-55-53-51-49-47-45-43-41-39-37-30-28-26-24-22-20-18-16-14-12-10-8-6-4-2/h5-8,11-14,17-20,23-26,29-31,33-34,36-38,41,43,47,49,67,70H,3-4,9-10,15-16,21-22,27-28,32,35,39-40,42,44-46,48,50-66H2,1-2H3/b7-5-,8-6-,13-11-,14-12-,19-17-,20-18-,25-23-,26-24-,31-29-,34-33-,37-30-,38-36-,43-41-,49-47-. The number of allylic oxidation sites excluding steroid dienone is 28. The quantitative estimate of drug-likeness (QED) is 0.0373. The molecule has 1 N–H and O–H groups in total. The molecule has 0 aliphatic heterocycles. The van der Waals surface area contributed by atoms with E-state index in [0.29, 0.717) is 12.8 Å². The van der Waals surface area contributed by atoms with Crippen molar-refractivity contribution in [2.45, 2.75) is 238 Å². The van der Waals surface area contributed by atoms with Gasteiger partial charge in [0.25, 0.3) is 0 Å². The smallest absolute Gasteiger partial charge is 0.306 e. The maximum absolute atomic E-state index is 12.3. The lowest BCUT2D eigenvalue weighted by Gasteiger charge is -2.15. The van der Waals surface area contributed by atoms with Gasteiger partial charge in [-0.1, -0.05) is 261 Å². The number of carbonyl (C=O) groups excluding carboxylic acids is 2. The van der Waals surface area contributed by atoms with Gasteiger partial charge in [0.15, 0.2) is 6.10 Å². The van der Waals surface area contributed by atoms with Gasteiger partial charge in [0, 0.05) is 12.8 Å². The first-order chi connectivity index (χ1) is 36.6. The minimum Gasteiger partial charge on any atom is -0.462 e. The van der Waals surface area contributed by atoms with Crippen LogP contribution >= 0.6 is 0 Å². The largest absolute Gasteiger partial charge is 0.462 e. The normalized spacial score (nSPS) is 13.5. The van der Waals surface area contributed by atoms with Crippen molar-refractivity contribution < 1.29 is 24.2 Å². The van der Waals surface area contributed by atoms with Crippen molar-refractivity contribution in [2.75, 3.05) is 13.2 Å². The molecule has 0 radical (unpaired) electrons. The zero-order chi connectivity index (χ0) is 53.4. The molecule has 0 aliphatic rings. The third-order valence-electron chi connectivity index (χ3n) is 12.0. The maximum atomic E-state index is 12.3. The van der Waals surface area contributed by atoms with Crippen molar-refractivity contribution in [1.82, 2.24) is 0 Å². The Morgan fingerprint density at radius 1 is 0.311 bits per heavy atom. The molecule has 0 amide bonds. The van der Waals surface area contributed by atoms with Crippen LogP contribution in [0.2, 0.25) is 0 Å². The van der Waals surface area contributed by atoms with Gasteiger partial charge in [-0.15, -0.1) is 0 Å². The Bertz CT molecular complexity index is 1670. The van der Waals surface area contributed by atoms with E-state index in [0.717, 1.165) is 148 Å². The number of rotatable bonds is 52. The van der Waals surface area contributed by atoms with E-state index < -0.39 is 6.10 Å². The Morgan fingerprint density at radius 3 is 0.811 bits per heavy atom. The highest BCUT2D eigenvalue weighted by molar-refractivity contribution is 5.70. The summed E-state index contributed by atoms with van der Waals surface area (Å²) in [5, 5.41) is 9.67. The molecular weight excluding hydrogens is 909 g/mol. The summed E-state index contributed by atoms with van der Waals surface area (Å²) in [7, 11) is 0. The predicted octanol–water partition coefficient (Wildman–Crippen LogP) is 20.5. The Labute approximate surface area is 455 Å². The van der Waals surface area contributed by atoms with Gasteiger partial charge in [-0.25, -0.2) is 0 Å². The molecule has 0 heterocycles. The molecule has 1 atom stereocenters. The van der Waals surface area contributed by atoms with Crippen LogP contribution in [0.4, 0.5) is 0 Å². The Kier molecular flexibility index (Phi) is 58.5. The topological polar surface area (TPSA) is 72.8 Å². The first-order valence-corrected chi connectivity index (χ1v) is 29.7. The van der Waals surface area contributed by atoms with E-state index in [9.17, 15) is 14.7 Å². The Hall–Kier alpha value is -4.74. The van der Waals surface area contributed by atoms with Crippen LogP contribution in [0.3, 0.4) is 0 Å². The van der Waals surface area contributed by atoms with Crippen LogP contribution in [0, 0.1) is 0 Å².